The molecule has 3 aliphatic rings. The summed E-state index contributed by atoms with van der Waals surface area (Å²) in [5.41, 5.74) is 0.288. The van der Waals surface area contributed by atoms with E-state index in [0.29, 0.717) is 5.75 Å². The van der Waals surface area contributed by atoms with Crippen molar-refractivity contribution in [3.63, 3.8) is 0 Å². The van der Waals surface area contributed by atoms with Gasteiger partial charge in [-0.15, -0.1) is 0 Å². The zero-order chi connectivity index (χ0) is 11.9. The van der Waals surface area contributed by atoms with Crippen molar-refractivity contribution in [3.8, 4) is 0 Å². The summed E-state index contributed by atoms with van der Waals surface area (Å²) >= 11 is 0. The fourth-order valence-corrected chi connectivity index (χ4v) is 5.42. The predicted octanol–water partition coefficient (Wildman–Crippen LogP) is 1.09. The summed E-state index contributed by atoms with van der Waals surface area (Å²) in [5, 5.41) is 3.61. The Kier molecular flexibility index (Phi) is 2.96. The summed E-state index contributed by atoms with van der Waals surface area (Å²) in [4.78, 5) is 0. The third-order valence-corrected chi connectivity index (χ3v) is 6.71. The lowest BCUT2D eigenvalue weighted by atomic mass is 9.70. The molecule has 2 saturated heterocycles. The van der Waals surface area contributed by atoms with Crippen molar-refractivity contribution in [1.29, 1.82) is 0 Å². The predicted molar refractivity (Wildman–Crippen MR) is 67.3 cm³/mol. The highest BCUT2D eigenvalue weighted by Gasteiger charge is 2.44. The van der Waals surface area contributed by atoms with Crippen molar-refractivity contribution < 1.29 is 8.42 Å². The van der Waals surface area contributed by atoms with Crippen LogP contribution < -0.4 is 5.32 Å². The normalized spacial score (nSPS) is 36.6. The van der Waals surface area contributed by atoms with Gasteiger partial charge in [0.2, 0.25) is 10.0 Å². The Morgan fingerprint density at radius 1 is 1.18 bits per heavy atom. The molecular formula is C12H22N2O2S. The summed E-state index contributed by atoms with van der Waals surface area (Å²) in [6.45, 7) is 1.74. The Morgan fingerprint density at radius 2 is 2.00 bits per heavy atom. The lowest BCUT2D eigenvalue weighted by Crippen LogP contribution is -2.61. The second-order valence-electron chi connectivity index (χ2n) is 5.84. The molecule has 2 aliphatic heterocycles. The minimum absolute atomic E-state index is 0.266. The van der Waals surface area contributed by atoms with Gasteiger partial charge in [-0.3, -0.25) is 0 Å². The van der Waals surface area contributed by atoms with Crippen LogP contribution in [0.5, 0.6) is 0 Å². The van der Waals surface area contributed by atoms with E-state index in [2.05, 4.69) is 5.32 Å². The monoisotopic (exact) mass is 258 g/mol. The van der Waals surface area contributed by atoms with Gasteiger partial charge in [0.15, 0.2) is 0 Å². The fourth-order valence-electron chi connectivity index (χ4n) is 3.58. The maximum Gasteiger partial charge on any atom is 0.214 e. The van der Waals surface area contributed by atoms with Crippen LogP contribution in [0.1, 0.15) is 44.9 Å². The minimum atomic E-state index is -2.95. The smallest absolute Gasteiger partial charge is 0.214 e. The molecule has 0 amide bonds. The molecule has 0 aromatic heterocycles. The first kappa shape index (κ1) is 11.9. The van der Waals surface area contributed by atoms with Crippen molar-refractivity contribution in [2.75, 3.05) is 18.8 Å². The van der Waals surface area contributed by atoms with Gasteiger partial charge >= 0.3 is 0 Å². The number of nitrogens with one attached hydrogen (secondary N) is 1. The average molecular weight is 258 g/mol. The molecule has 1 spiro atoms. The van der Waals surface area contributed by atoms with Crippen LogP contribution >= 0.6 is 0 Å². The number of nitrogens with zero attached hydrogens (tertiary/aromatic N) is 1. The minimum Gasteiger partial charge on any atom is -0.311 e. The topological polar surface area (TPSA) is 49.4 Å². The molecule has 0 aromatic carbocycles. The van der Waals surface area contributed by atoms with E-state index >= 15 is 0 Å². The van der Waals surface area contributed by atoms with Crippen molar-refractivity contribution in [2.24, 2.45) is 0 Å². The van der Waals surface area contributed by atoms with E-state index in [1.165, 1.54) is 19.3 Å². The van der Waals surface area contributed by atoms with E-state index in [1.807, 2.05) is 4.31 Å². The first-order valence-electron chi connectivity index (χ1n) is 6.86. The van der Waals surface area contributed by atoms with E-state index < -0.39 is 10.0 Å². The van der Waals surface area contributed by atoms with Crippen LogP contribution in [-0.4, -0.2) is 43.1 Å². The molecular weight excluding hydrogens is 236 g/mol. The molecule has 3 fully saturated rings. The first-order valence-corrected chi connectivity index (χ1v) is 8.47. The molecule has 1 unspecified atom stereocenters. The van der Waals surface area contributed by atoms with Crippen molar-refractivity contribution >= 4 is 10.0 Å². The molecule has 0 radical (unpaired) electrons. The molecule has 3 rings (SSSR count). The van der Waals surface area contributed by atoms with Crippen LogP contribution in [-0.2, 0) is 10.0 Å². The standard InChI is InChI=1S/C12H22N2O2S/c15-17(16)9-2-1-8-14(17)11-4-7-13-12(10-11)5-3-6-12/h11,13H,1-10H2. The molecule has 98 valence electrons. The number of piperidine rings is 1. The summed E-state index contributed by atoms with van der Waals surface area (Å²) in [6, 6.07) is 0.266. The molecule has 17 heavy (non-hydrogen) atoms. The number of hydrogen-bond acceptors (Lipinski definition) is 3. The van der Waals surface area contributed by atoms with Crippen molar-refractivity contribution in [1.82, 2.24) is 9.62 Å². The lowest BCUT2D eigenvalue weighted by molar-refractivity contribution is 0.0920. The van der Waals surface area contributed by atoms with Crippen LogP contribution in [0.4, 0.5) is 0 Å². The number of rotatable bonds is 1. The van der Waals surface area contributed by atoms with Crippen molar-refractivity contribution in [3.05, 3.63) is 0 Å². The maximum atomic E-state index is 12.1. The molecule has 1 N–H and O–H groups in total. The average Bonchev–Trinajstić information content (AvgIpc) is 2.26. The molecule has 0 bridgehead atoms. The van der Waals surface area contributed by atoms with E-state index in [1.54, 1.807) is 0 Å². The second kappa shape index (κ2) is 4.21. The largest absolute Gasteiger partial charge is 0.311 e. The van der Waals surface area contributed by atoms with Gasteiger partial charge in [0.1, 0.15) is 0 Å². The van der Waals surface area contributed by atoms with Crippen LogP contribution in [0.15, 0.2) is 0 Å². The van der Waals surface area contributed by atoms with Gasteiger partial charge in [0.25, 0.3) is 0 Å². The molecule has 5 heteroatoms. The van der Waals surface area contributed by atoms with Gasteiger partial charge in [-0.2, -0.15) is 4.31 Å². The number of sulfonamides is 1. The molecule has 2 heterocycles. The highest BCUT2D eigenvalue weighted by molar-refractivity contribution is 7.89. The lowest BCUT2D eigenvalue weighted by Gasteiger charge is -2.50. The summed E-state index contributed by atoms with van der Waals surface area (Å²) in [6.07, 6.45) is 7.67. The Morgan fingerprint density at radius 3 is 2.65 bits per heavy atom. The maximum absolute atomic E-state index is 12.1. The molecule has 1 atom stereocenters. The fraction of sp³-hybridized carbons (Fsp3) is 1.00. The van der Waals surface area contributed by atoms with E-state index in [9.17, 15) is 8.42 Å². The Balaban J connectivity index is 1.74. The highest BCUT2D eigenvalue weighted by Crippen LogP contribution is 2.40. The molecule has 4 nitrogen and oxygen atoms in total. The Bertz CT molecular complexity index is 389. The van der Waals surface area contributed by atoms with Crippen LogP contribution in [0, 0.1) is 0 Å². The SMILES string of the molecule is O=S1(=O)CCCCN1C1CCNC2(CCC2)C1. The van der Waals surface area contributed by atoms with Crippen LogP contribution in [0.3, 0.4) is 0 Å². The third kappa shape index (κ3) is 2.13. The first-order chi connectivity index (χ1) is 8.11. The summed E-state index contributed by atoms with van der Waals surface area (Å²) < 4.78 is 26.0. The molecule has 1 aliphatic carbocycles. The van der Waals surface area contributed by atoms with Gasteiger partial charge in [-0.05, 0) is 51.5 Å². The van der Waals surface area contributed by atoms with Crippen LogP contribution in [0.25, 0.3) is 0 Å². The van der Waals surface area contributed by atoms with Gasteiger partial charge < -0.3 is 5.32 Å². The molecule has 0 aromatic rings. The van der Waals surface area contributed by atoms with E-state index in [4.69, 9.17) is 0 Å². The highest BCUT2D eigenvalue weighted by atomic mass is 32.2. The van der Waals surface area contributed by atoms with Gasteiger partial charge in [-0.25, -0.2) is 8.42 Å². The van der Waals surface area contributed by atoms with Crippen LogP contribution in [0.2, 0.25) is 0 Å². The Labute approximate surface area is 104 Å². The number of hydrogen-bond donors (Lipinski definition) is 1. The quantitative estimate of drug-likeness (QED) is 0.766. The molecule has 1 saturated carbocycles. The zero-order valence-electron chi connectivity index (χ0n) is 10.3. The Hall–Kier alpha value is -0.130. The van der Waals surface area contributed by atoms with Gasteiger partial charge in [0, 0.05) is 18.1 Å². The van der Waals surface area contributed by atoms with E-state index in [0.717, 1.165) is 38.8 Å². The van der Waals surface area contributed by atoms with Gasteiger partial charge in [-0.1, -0.05) is 0 Å². The summed E-state index contributed by atoms with van der Waals surface area (Å²) in [7, 11) is -2.95. The van der Waals surface area contributed by atoms with Crippen molar-refractivity contribution in [2.45, 2.75) is 56.5 Å². The summed E-state index contributed by atoms with van der Waals surface area (Å²) in [5.74, 6) is 0.365. The zero-order valence-corrected chi connectivity index (χ0v) is 11.1. The third-order valence-electron chi connectivity index (χ3n) is 4.71. The van der Waals surface area contributed by atoms with E-state index in [-0.39, 0.29) is 11.6 Å². The second-order valence-corrected chi connectivity index (χ2v) is 7.88. The van der Waals surface area contributed by atoms with Gasteiger partial charge in [0.05, 0.1) is 5.75 Å².